The van der Waals surface area contributed by atoms with Gasteiger partial charge in [0.15, 0.2) is 0 Å². The maximum absolute atomic E-state index is 14.6. The van der Waals surface area contributed by atoms with Crippen molar-refractivity contribution in [3.05, 3.63) is 58.9 Å². The molecule has 3 rings (SSSR count). The molecule has 6 nitrogen and oxygen atoms in total. The van der Waals surface area contributed by atoms with Gasteiger partial charge in [0.2, 0.25) is 15.8 Å². The topological polar surface area (TPSA) is 110 Å². The number of benzene rings is 2. The average molecular weight is 443 g/mol. The Balaban J connectivity index is 2.35. The molecule has 0 unspecified atom stereocenters. The zero-order valence-electron chi connectivity index (χ0n) is 14.9. The van der Waals surface area contributed by atoms with Gasteiger partial charge in [-0.2, -0.15) is 18.4 Å². The van der Waals surface area contributed by atoms with Crippen LogP contribution in [0.1, 0.15) is 16.9 Å². The van der Waals surface area contributed by atoms with E-state index in [-0.39, 0.29) is 23.3 Å². The Morgan fingerprint density at radius 3 is 2.33 bits per heavy atom. The first-order chi connectivity index (χ1) is 13.8. The van der Waals surface area contributed by atoms with E-state index < -0.39 is 55.3 Å². The molecule has 0 saturated carbocycles. The molecule has 0 fully saturated rings. The molecule has 12 heteroatoms. The Hall–Kier alpha value is -3.30. The van der Waals surface area contributed by atoms with Gasteiger partial charge in [0.1, 0.15) is 22.2 Å². The predicted octanol–water partition coefficient (Wildman–Crippen LogP) is 4.13. The van der Waals surface area contributed by atoms with Crippen LogP contribution in [-0.4, -0.2) is 13.6 Å². The van der Waals surface area contributed by atoms with E-state index in [1.54, 1.807) is 0 Å². The lowest BCUT2D eigenvalue weighted by Gasteiger charge is -2.10. The van der Waals surface area contributed by atoms with Gasteiger partial charge >= 0.3 is 6.18 Å². The molecule has 0 spiro atoms. The first kappa shape index (κ1) is 21.4. The van der Waals surface area contributed by atoms with Gasteiger partial charge < -0.3 is 4.52 Å². The summed E-state index contributed by atoms with van der Waals surface area (Å²) in [4.78, 5) is -1.22. The maximum Gasteiger partial charge on any atom is 0.453 e. The first-order valence-corrected chi connectivity index (χ1v) is 9.49. The number of halogens is 5. The minimum absolute atomic E-state index is 0.0380. The molecule has 156 valence electrons. The summed E-state index contributed by atoms with van der Waals surface area (Å²) in [6.07, 6.45) is -5.12. The molecule has 1 heterocycles. The molecule has 0 radical (unpaired) electrons. The maximum atomic E-state index is 14.6. The van der Waals surface area contributed by atoms with E-state index in [9.17, 15) is 30.4 Å². The minimum atomic E-state index is -5.12. The third-order valence-electron chi connectivity index (χ3n) is 4.17. The normalized spacial score (nSPS) is 12.1. The monoisotopic (exact) mass is 443 g/mol. The van der Waals surface area contributed by atoms with Crippen LogP contribution >= 0.6 is 0 Å². The number of primary sulfonamides is 1. The zero-order valence-corrected chi connectivity index (χ0v) is 15.7. The second-order valence-corrected chi connectivity index (χ2v) is 7.71. The van der Waals surface area contributed by atoms with E-state index in [0.717, 1.165) is 0 Å². The van der Waals surface area contributed by atoms with Crippen molar-refractivity contribution in [2.24, 2.45) is 5.14 Å². The molecule has 0 amide bonds. The first-order valence-electron chi connectivity index (χ1n) is 7.94. The van der Waals surface area contributed by atoms with Crippen LogP contribution in [0, 0.1) is 29.9 Å². The van der Waals surface area contributed by atoms with Crippen LogP contribution in [-0.2, 0) is 16.2 Å². The van der Waals surface area contributed by atoms with Crippen molar-refractivity contribution in [1.29, 1.82) is 5.26 Å². The van der Waals surface area contributed by atoms with Crippen LogP contribution in [0.4, 0.5) is 22.0 Å². The highest BCUT2D eigenvalue weighted by Crippen LogP contribution is 2.44. The summed E-state index contributed by atoms with van der Waals surface area (Å²) in [6.45, 7) is 1.52. The number of aryl methyl sites for hydroxylation is 1. The quantitative estimate of drug-likeness (QED) is 0.612. The van der Waals surface area contributed by atoms with Gasteiger partial charge in [-0.25, -0.2) is 22.3 Å². The molecule has 30 heavy (non-hydrogen) atoms. The highest BCUT2D eigenvalue weighted by molar-refractivity contribution is 7.89. The average Bonchev–Trinajstić information content (AvgIpc) is 3.07. The van der Waals surface area contributed by atoms with E-state index >= 15 is 0 Å². The van der Waals surface area contributed by atoms with Crippen molar-refractivity contribution in [2.45, 2.75) is 18.0 Å². The zero-order chi connectivity index (χ0) is 22.4. The molecular formula is C18H10F5N3O3S. The molecule has 0 aliphatic carbocycles. The van der Waals surface area contributed by atoms with Gasteiger partial charge in [-0.1, -0.05) is 11.2 Å². The molecule has 2 N–H and O–H groups in total. The Kier molecular flexibility index (Phi) is 5.13. The van der Waals surface area contributed by atoms with E-state index in [1.165, 1.54) is 25.1 Å². The van der Waals surface area contributed by atoms with Crippen LogP contribution in [0.3, 0.4) is 0 Å². The van der Waals surface area contributed by atoms with Crippen LogP contribution in [0.5, 0.6) is 0 Å². The number of nitrogens with two attached hydrogens (primary N) is 1. The van der Waals surface area contributed by atoms with Gasteiger partial charge in [-0.15, -0.1) is 0 Å². The summed E-state index contributed by atoms with van der Waals surface area (Å²) in [5.41, 5.74) is -1.65. The lowest BCUT2D eigenvalue weighted by molar-refractivity contribution is -0.154. The van der Waals surface area contributed by atoms with Gasteiger partial charge in [0, 0.05) is 11.1 Å². The molecule has 1 aromatic heterocycles. The summed E-state index contributed by atoms with van der Waals surface area (Å²) >= 11 is 0. The van der Waals surface area contributed by atoms with Crippen LogP contribution in [0.15, 0.2) is 39.8 Å². The second kappa shape index (κ2) is 7.19. The lowest BCUT2D eigenvalue weighted by atomic mass is 9.96. The van der Waals surface area contributed by atoms with Crippen molar-refractivity contribution in [1.82, 2.24) is 5.16 Å². The molecule has 2 aromatic carbocycles. The van der Waals surface area contributed by atoms with Crippen molar-refractivity contribution in [3.63, 3.8) is 0 Å². The molecule has 0 saturated heterocycles. The van der Waals surface area contributed by atoms with E-state index in [2.05, 4.69) is 9.68 Å². The lowest BCUT2D eigenvalue weighted by Crippen LogP contribution is -2.15. The molecule has 0 aliphatic rings. The second-order valence-electron chi connectivity index (χ2n) is 6.18. The van der Waals surface area contributed by atoms with Crippen molar-refractivity contribution in [2.75, 3.05) is 0 Å². The largest absolute Gasteiger partial charge is 0.453 e. The SMILES string of the molecule is Cc1cc(-c2noc(C(F)(F)F)c2-c2cc(F)c(S(N)(=O)=O)cc2F)ccc1C#N. The number of aromatic nitrogens is 1. The van der Waals surface area contributed by atoms with Crippen molar-refractivity contribution in [3.8, 4) is 28.5 Å². The van der Waals surface area contributed by atoms with Crippen molar-refractivity contribution >= 4 is 10.0 Å². The Morgan fingerprint density at radius 2 is 1.80 bits per heavy atom. The van der Waals surface area contributed by atoms with E-state index in [1.807, 2.05) is 6.07 Å². The van der Waals surface area contributed by atoms with Gasteiger partial charge in [-0.05, 0) is 36.8 Å². The third-order valence-corrected chi connectivity index (χ3v) is 5.09. The summed E-state index contributed by atoms with van der Waals surface area (Å²) in [5, 5.41) is 17.1. The van der Waals surface area contributed by atoms with Gasteiger partial charge in [0.05, 0.1) is 17.2 Å². The van der Waals surface area contributed by atoms with Crippen LogP contribution in [0.2, 0.25) is 0 Å². The summed E-state index contributed by atoms with van der Waals surface area (Å²) in [6, 6.07) is 6.25. The third kappa shape index (κ3) is 3.77. The molecular weight excluding hydrogens is 433 g/mol. The number of rotatable bonds is 3. The van der Waals surface area contributed by atoms with Gasteiger partial charge in [0.25, 0.3) is 0 Å². The Morgan fingerprint density at radius 1 is 1.13 bits per heavy atom. The van der Waals surface area contributed by atoms with Crippen molar-refractivity contribution < 1.29 is 34.9 Å². The predicted molar refractivity (Wildman–Crippen MR) is 93.1 cm³/mol. The van der Waals surface area contributed by atoms with E-state index in [4.69, 9.17) is 10.4 Å². The number of hydrogen-bond donors (Lipinski definition) is 1. The highest BCUT2D eigenvalue weighted by atomic mass is 32.2. The van der Waals surface area contributed by atoms with Crippen LogP contribution < -0.4 is 5.14 Å². The fourth-order valence-corrected chi connectivity index (χ4v) is 3.40. The number of nitriles is 1. The molecule has 0 atom stereocenters. The summed E-state index contributed by atoms with van der Waals surface area (Å²) in [5.74, 6) is -4.74. The molecule has 3 aromatic rings. The van der Waals surface area contributed by atoms with Crippen LogP contribution in [0.25, 0.3) is 22.4 Å². The van der Waals surface area contributed by atoms with Gasteiger partial charge in [-0.3, -0.25) is 0 Å². The minimum Gasteiger partial charge on any atom is -0.350 e. The molecule has 0 bridgehead atoms. The standard InChI is InChI=1S/C18H10F5N3O3S/c1-8-4-9(2-3-10(8)7-24)16-15(17(29-26-16)18(21,22)23)11-5-13(20)14(6-12(11)19)30(25,27)28/h2-6H,1H3,(H2,25,27,28). The fraction of sp³-hybridized carbons (Fsp3) is 0.111. The smallest absolute Gasteiger partial charge is 0.350 e. The Labute approximate surface area is 166 Å². The number of hydrogen-bond acceptors (Lipinski definition) is 5. The number of alkyl halides is 3. The number of nitrogens with zero attached hydrogens (tertiary/aromatic N) is 2. The molecule has 0 aliphatic heterocycles. The summed E-state index contributed by atoms with van der Waals surface area (Å²) < 4.78 is 96.3. The van der Waals surface area contributed by atoms with E-state index in [0.29, 0.717) is 5.56 Å². The summed E-state index contributed by atoms with van der Waals surface area (Å²) in [7, 11) is -4.66. The fourth-order valence-electron chi connectivity index (χ4n) is 2.81. The number of sulfonamides is 1. The highest BCUT2D eigenvalue weighted by Gasteiger charge is 2.42. The Bertz CT molecular complexity index is 1310.